The largest absolute Gasteiger partial charge is 0.354 e. The Morgan fingerprint density at radius 3 is 2.54 bits per heavy atom. The van der Waals surface area contributed by atoms with Crippen LogP contribution in [0.3, 0.4) is 0 Å². The van der Waals surface area contributed by atoms with E-state index in [1.807, 2.05) is 30.3 Å². The molecule has 2 unspecified atom stereocenters. The third kappa shape index (κ3) is 4.88. The number of nitrogens with one attached hydrogen (secondary N) is 3. The molecule has 1 aromatic heterocycles. The second-order valence-corrected chi connectivity index (χ2v) is 7.54. The van der Waals surface area contributed by atoms with Gasteiger partial charge in [-0.05, 0) is 45.1 Å². The summed E-state index contributed by atoms with van der Waals surface area (Å²) in [6, 6.07) is 10.8. The van der Waals surface area contributed by atoms with Crippen molar-refractivity contribution in [1.29, 1.82) is 0 Å². The van der Waals surface area contributed by atoms with Crippen molar-refractivity contribution in [2.24, 2.45) is 5.92 Å². The van der Waals surface area contributed by atoms with Crippen LogP contribution in [-0.4, -0.2) is 38.9 Å². The molecule has 1 amide bonds. The molecule has 0 aliphatic carbocycles. The Labute approximate surface area is 165 Å². The number of hydrogen-bond donors (Lipinski definition) is 3. The SMILES string of the molecule is Cc1nn(CC(=O)NCCC2C(C)NNC2C)c(=O)n1CCc1ccccc1. The van der Waals surface area contributed by atoms with Crippen LogP contribution < -0.4 is 21.9 Å². The fourth-order valence-electron chi connectivity index (χ4n) is 3.78. The molecule has 2 atom stereocenters. The van der Waals surface area contributed by atoms with Gasteiger partial charge in [-0.1, -0.05) is 30.3 Å². The molecule has 3 N–H and O–H groups in total. The summed E-state index contributed by atoms with van der Waals surface area (Å²) in [6.45, 7) is 7.15. The zero-order chi connectivity index (χ0) is 20.1. The minimum absolute atomic E-state index is 0.0513. The topological polar surface area (TPSA) is 93.0 Å². The first-order valence-electron chi connectivity index (χ1n) is 9.91. The lowest BCUT2D eigenvalue weighted by atomic mass is 9.93. The molecule has 3 rings (SSSR count). The number of rotatable bonds is 8. The zero-order valence-corrected chi connectivity index (χ0v) is 16.8. The van der Waals surface area contributed by atoms with Gasteiger partial charge in [-0.2, -0.15) is 5.10 Å². The van der Waals surface area contributed by atoms with Crippen LogP contribution in [0.4, 0.5) is 0 Å². The Kier molecular flexibility index (Phi) is 6.64. The Hall–Kier alpha value is -2.45. The Balaban J connectivity index is 1.51. The predicted molar refractivity (Wildman–Crippen MR) is 108 cm³/mol. The molecule has 2 aromatic rings. The van der Waals surface area contributed by atoms with Crippen LogP contribution >= 0.6 is 0 Å². The quantitative estimate of drug-likeness (QED) is 0.618. The number of carbonyl (C=O) groups is 1. The molecule has 1 fully saturated rings. The van der Waals surface area contributed by atoms with Crippen molar-refractivity contribution < 1.29 is 4.79 Å². The smallest absolute Gasteiger partial charge is 0.346 e. The summed E-state index contributed by atoms with van der Waals surface area (Å²) >= 11 is 0. The fraction of sp³-hybridized carbons (Fsp3) is 0.550. The molecule has 1 saturated heterocycles. The Bertz CT molecular complexity index is 834. The van der Waals surface area contributed by atoms with Gasteiger partial charge in [0.25, 0.3) is 0 Å². The van der Waals surface area contributed by atoms with E-state index < -0.39 is 0 Å². The van der Waals surface area contributed by atoms with Gasteiger partial charge in [-0.25, -0.2) is 9.48 Å². The number of hydrazine groups is 1. The molecule has 1 aliphatic rings. The van der Waals surface area contributed by atoms with Gasteiger partial charge >= 0.3 is 5.69 Å². The minimum atomic E-state index is -0.241. The molecule has 28 heavy (non-hydrogen) atoms. The molecule has 0 spiro atoms. The first-order valence-corrected chi connectivity index (χ1v) is 9.91. The Morgan fingerprint density at radius 1 is 1.18 bits per heavy atom. The van der Waals surface area contributed by atoms with E-state index in [1.165, 1.54) is 10.2 Å². The molecule has 0 saturated carbocycles. The lowest BCUT2D eigenvalue weighted by Gasteiger charge is -2.17. The average Bonchev–Trinajstić information content (AvgIpc) is 3.13. The van der Waals surface area contributed by atoms with Crippen molar-refractivity contribution in [2.75, 3.05) is 6.54 Å². The molecule has 8 heteroatoms. The van der Waals surface area contributed by atoms with Crippen LogP contribution in [-0.2, 0) is 24.3 Å². The minimum Gasteiger partial charge on any atom is -0.354 e. The fourth-order valence-corrected chi connectivity index (χ4v) is 3.78. The number of hydrogen-bond acceptors (Lipinski definition) is 5. The third-order valence-corrected chi connectivity index (χ3v) is 5.49. The van der Waals surface area contributed by atoms with Crippen molar-refractivity contribution >= 4 is 5.91 Å². The number of benzene rings is 1. The maximum Gasteiger partial charge on any atom is 0.346 e. The number of amides is 1. The first-order chi connectivity index (χ1) is 13.5. The van der Waals surface area contributed by atoms with Crippen LogP contribution in [0.5, 0.6) is 0 Å². The van der Waals surface area contributed by atoms with Crippen molar-refractivity contribution in [3.63, 3.8) is 0 Å². The van der Waals surface area contributed by atoms with E-state index in [2.05, 4.69) is 35.1 Å². The number of nitrogens with zero attached hydrogens (tertiary/aromatic N) is 3. The highest BCUT2D eigenvalue weighted by Gasteiger charge is 2.29. The van der Waals surface area contributed by atoms with E-state index in [4.69, 9.17) is 0 Å². The monoisotopic (exact) mass is 386 g/mol. The van der Waals surface area contributed by atoms with E-state index in [1.54, 1.807) is 11.5 Å². The van der Waals surface area contributed by atoms with Crippen LogP contribution in [0.1, 0.15) is 31.7 Å². The van der Waals surface area contributed by atoms with Gasteiger partial charge in [0.1, 0.15) is 12.4 Å². The number of aromatic nitrogens is 3. The second-order valence-electron chi connectivity index (χ2n) is 7.54. The molecule has 8 nitrogen and oxygen atoms in total. The Morgan fingerprint density at radius 2 is 1.86 bits per heavy atom. The lowest BCUT2D eigenvalue weighted by Crippen LogP contribution is -2.36. The van der Waals surface area contributed by atoms with Gasteiger partial charge in [-0.15, -0.1) is 0 Å². The van der Waals surface area contributed by atoms with Gasteiger partial charge in [0.05, 0.1) is 0 Å². The first kappa shape index (κ1) is 20.3. The molecule has 2 heterocycles. The molecular formula is C20H30N6O2. The molecule has 0 radical (unpaired) electrons. The van der Waals surface area contributed by atoms with E-state index in [0.717, 1.165) is 12.8 Å². The predicted octanol–water partition coefficient (Wildman–Crippen LogP) is 0.603. The summed E-state index contributed by atoms with van der Waals surface area (Å²) in [7, 11) is 0. The van der Waals surface area contributed by atoms with E-state index in [0.29, 0.717) is 36.9 Å². The average molecular weight is 387 g/mol. The van der Waals surface area contributed by atoms with Crippen LogP contribution in [0, 0.1) is 12.8 Å². The van der Waals surface area contributed by atoms with Gasteiger partial charge in [-0.3, -0.25) is 20.2 Å². The van der Waals surface area contributed by atoms with Gasteiger partial charge in [0, 0.05) is 25.2 Å². The van der Waals surface area contributed by atoms with Gasteiger partial charge in [0.15, 0.2) is 0 Å². The summed E-state index contributed by atoms with van der Waals surface area (Å²) in [6.07, 6.45) is 1.63. The van der Waals surface area contributed by atoms with Crippen molar-refractivity contribution in [3.05, 3.63) is 52.2 Å². The second kappa shape index (κ2) is 9.16. The van der Waals surface area contributed by atoms with E-state index >= 15 is 0 Å². The van der Waals surface area contributed by atoms with Gasteiger partial charge < -0.3 is 5.32 Å². The molecular weight excluding hydrogens is 356 g/mol. The van der Waals surface area contributed by atoms with Crippen molar-refractivity contribution in [2.45, 2.75) is 58.8 Å². The maximum absolute atomic E-state index is 12.6. The highest BCUT2D eigenvalue weighted by molar-refractivity contribution is 5.75. The molecule has 1 aromatic carbocycles. The summed E-state index contributed by atoms with van der Waals surface area (Å²) < 4.78 is 2.87. The highest BCUT2D eigenvalue weighted by atomic mass is 16.2. The molecule has 152 valence electrons. The summed E-state index contributed by atoms with van der Waals surface area (Å²) in [5, 5.41) is 7.17. The summed E-state index contributed by atoms with van der Waals surface area (Å²) in [5.74, 6) is 0.899. The summed E-state index contributed by atoms with van der Waals surface area (Å²) in [5.41, 5.74) is 7.36. The number of aryl methyl sites for hydroxylation is 2. The standard InChI is InChI=1S/C20H30N6O2/c1-14-18(15(2)23-22-14)9-11-21-19(27)13-26-20(28)25(16(3)24-26)12-10-17-7-5-4-6-8-17/h4-8,14-15,18,22-23H,9-13H2,1-3H3,(H,21,27). The normalized spacial score (nSPS) is 21.8. The maximum atomic E-state index is 12.6. The summed E-state index contributed by atoms with van der Waals surface area (Å²) in [4.78, 5) is 24.8. The van der Waals surface area contributed by atoms with Gasteiger partial charge in [0.2, 0.25) is 5.91 Å². The highest BCUT2D eigenvalue weighted by Crippen LogP contribution is 2.17. The molecule has 0 bridgehead atoms. The van der Waals surface area contributed by atoms with E-state index in [-0.39, 0.29) is 18.1 Å². The van der Waals surface area contributed by atoms with Crippen molar-refractivity contribution in [1.82, 2.24) is 30.5 Å². The van der Waals surface area contributed by atoms with Crippen LogP contribution in [0.25, 0.3) is 0 Å². The zero-order valence-electron chi connectivity index (χ0n) is 16.8. The lowest BCUT2D eigenvalue weighted by molar-refractivity contribution is -0.121. The number of carbonyl (C=O) groups excluding carboxylic acids is 1. The van der Waals surface area contributed by atoms with Crippen LogP contribution in [0.2, 0.25) is 0 Å². The van der Waals surface area contributed by atoms with Crippen molar-refractivity contribution in [3.8, 4) is 0 Å². The third-order valence-electron chi connectivity index (χ3n) is 5.49. The molecule has 1 aliphatic heterocycles. The van der Waals surface area contributed by atoms with E-state index in [9.17, 15) is 9.59 Å². The van der Waals surface area contributed by atoms with Crippen LogP contribution in [0.15, 0.2) is 35.1 Å².